The number of anilines is 1. The van der Waals surface area contributed by atoms with E-state index >= 15 is 0 Å². The van der Waals surface area contributed by atoms with E-state index in [1.54, 1.807) is 15.5 Å². The van der Waals surface area contributed by atoms with Crippen LogP contribution < -0.4 is 10.9 Å². The maximum atomic E-state index is 13.3. The molecule has 3 heterocycles. The third-order valence-electron chi connectivity index (χ3n) is 6.42. The third-order valence-corrected chi connectivity index (χ3v) is 6.42. The molecule has 2 atom stereocenters. The van der Waals surface area contributed by atoms with Gasteiger partial charge in [-0.05, 0) is 54.3 Å². The smallest absolute Gasteiger partial charge is 0.324 e. The minimum absolute atomic E-state index is 0.00211. The first-order valence-corrected chi connectivity index (χ1v) is 10.8. The summed E-state index contributed by atoms with van der Waals surface area (Å²) in [6, 6.07) is 17.3. The number of piperidine rings is 1. The molecule has 1 fully saturated rings. The molecule has 2 unspecified atom stereocenters. The van der Waals surface area contributed by atoms with Crippen molar-refractivity contribution in [1.29, 1.82) is 0 Å². The van der Waals surface area contributed by atoms with Gasteiger partial charge >= 0.3 is 12.2 Å². The number of amides is 2. The number of aromatic nitrogens is 1. The fourth-order valence-corrected chi connectivity index (χ4v) is 4.92. The van der Waals surface area contributed by atoms with E-state index in [1.807, 2.05) is 36.4 Å². The van der Waals surface area contributed by atoms with E-state index < -0.39 is 11.7 Å². The van der Waals surface area contributed by atoms with Gasteiger partial charge in [-0.1, -0.05) is 30.3 Å². The minimum Gasteiger partial charge on any atom is -0.324 e. The first kappa shape index (κ1) is 21.3. The van der Waals surface area contributed by atoms with Crippen molar-refractivity contribution in [3.8, 4) is 11.1 Å². The number of rotatable bonds is 2. The quantitative estimate of drug-likeness (QED) is 0.581. The monoisotopic (exact) mass is 453 g/mol. The number of pyridine rings is 1. The Morgan fingerprint density at radius 2 is 1.73 bits per heavy atom. The highest BCUT2D eigenvalue weighted by Crippen LogP contribution is 2.37. The number of hydrogen-bond acceptors (Lipinski definition) is 2. The standard InChI is InChI=1S/C25H22F3N3O2/c26-25(27,28)19-6-4-5-17(12-19)21-9-10-22-18-11-16(14-31(22)23(21)32)13-30(15-18)24(33)29-20-7-2-1-3-8-20/h1-10,12,16,18H,11,13-15H2,(H,29,33). The topological polar surface area (TPSA) is 54.3 Å². The highest BCUT2D eigenvalue weighted by Gasteiger charge is 2.37. The van der Waals surface area contributed by atoms with Crippen LogP contribution in [0.1, 0.15) is 23.6 Å². The normalized spacial score (nSPS) is 19.7. The Hall–Kier alpha value is -3.55. The SMILES string of the molecule is O=C(Nc1ccccc1)N1CC2CC(C1)c1ccc(-c3cccc(C(F)(F)F)c3)c(=O)n1C2. The summed E-state index contributed by atoms with van der Waals surface area (Å²) in [5.74, 6) is 0.106. The molecule has 1 saturated heterocycles. The summed E-state index contributed by atoms with van der Waals surface area (Å²) in [5.41, 5.74) is 0.987. The second kappa shape index (κ2) is 8.10. The van der Waals surface area contributed by atoms with Gasteiger partial charge in [-0.15, -0.1) is 0 Å². The lowest BCUT2D eigenvalue weighted by Gasteiger charge is -2.42. The largest absolute Gasteiger partial charge is 0.416 e. The molecule has 33 heavy (non-hydrogen) atoms. The van der Waals surface area contributed by atoms with Crippen LogP contribution in [0, 0.1) is 5.92 Å². The molecule has 0 spiro atoms. The lowest BCUT2D eigenvalue weighted by atomic mass is 9.83. The Morgan fingerprint density at radius 1 is 0.939 bits per heavy atom. The predicted octanol–water partition coefficient (Wildman–Crippen LogP) is 5.19. The second-order valence-electron chi connectivity index (χ2n) is 8.67. The van der Waals surface area contributed by atoms with Crippen molar-refractivity contribution in [3.05, 3.63) is 88.3 Å². The number of nitrogens with one attached hydrogen (secondary N) is 1. The van der Waals surface area contributed by atoms with Crippen molar-refractivity contribution in [3.63, 3.8) is 0 Å². The number of carbonyl (C=O) groups is 1. The van der Waals surface area contributed by atoms with Gasteiger partial charge in [0, 0.05) is 42.5 Å². The highest BCUT2D eigenvalue weighted by molar-refractivity contribution is 5.89. The summed E-state index contributed by atoms with van der Waals surface area (Å²) >= 11 is 0. The molecule has 2 amide bonds. The van der Waals surface area contributed by atoms with Crippen molar-refractivity contribution in [2.24, 2.45) is 5.92 Å². The van der Waals surface area contributed by atoms with Crippen LogP contribution in [0.15, 0.2) is 71.5 Å². The van der Waals surface area contributed by atoms with E-state index in [0.29, 0.717) is 19.6 Å². The van der Waals surface area contributed by atoms with Crippen LogP contribution in [0.2, 0.25) is 0 Å². The number of fused-ring (bicyclic) bond motifs is 4. The molecule has 1 aromatic heterocycles. The Morgan fingerprint density at radius 3 is 2.48 bits per heavy atom. The number of para-hydroxylation sites is 1. The molecule has 2 aromatic carbocycles. The first-order chi connectivity index (χ1) is 15.8. The summed E-state index contributed by atoms with van der Waals surface area (Å²) in [5, 5.41) is 2.91. The van der Waals surface area contributed by atoms with Crippen molar-refractivity contribution < 1.29 is 18.0 Å². The van der Waals surface area contributed by atoms with Gasteiger partial charge in [-0.2, -0.15) is 13.2 Å². The number of benzene rings is 2. The molecular formula is C25H22F3N3O2. The molecule has 0 saturated carbocycles. The number of urea groups is 1. The highest BCUT2D eigenvalue weighted by atomic mass is 19.4. The van der Waals surface area contributed by atoms with Crippen LogP contribution >= 0.6 is 0 Å². The van der Waals surface area contributed by atoms with Crippen molar-refractivity contribution in [1.82, 2.24) is 9.47 Å². The molecule has 8 heteroatoms. The van der Waals surface area contributed by atoms with Crippen LogP contribution in [0.4, 0.5) is 23.7 Å². The maximum Gasteiger partial charge on any atom is 0.416 e. The van der Waals surface area contributed by atoms with E-state index in [1.165, 1.54) is 12.1 Å². The lowest BCUT2D eigenvalue weighted by Crippen LogP contribution is -2.50. The molecule has 2 aliphatic heterocycles. The van der Waals surface area contributed by atoms with Gasteiger partial charge in [0.1, 0.15) is 0 Å². The Kier molecular flexibility index (Phi) is 5.23. The fourth-order valence-electron chi connectivity index (χ4n) is 4.92. The number of carbonyl (C=O) groups excluding carboxylic acids is 1. The molecule has 1 N–H and O–H groups in total. The molecule has 5 rings (SSSR count). The van der Waals surface area contributed by atoms with Crippen LogP contribution in [-0.4, -0.2) is 28.6 Å². The van der Waals surface area contributed by atoms with Gasteiger partial charge in [0.25, 0.3) is 5.56 Å². The summed E-state index contributed by atoms with van der Waals surface area (Å²) in [4.78, 5) is 27.8. The molecule has 2 bridgehead atoms. The molecule has 0 radical (unpaired) electrons. The van der Waals surface area contributed by atoms with E-state index in [9.17, 15) is 22.8 Å². The van der Waals surface area contributed by atoms with Crippen LogP contribution in [-0.2, 0) is 12.7 Å². The molecule has 5 nitrogen and oxygen atoms in total. The lowest BCUT2D eigenvalue weighted by molar-refractivity contribution is -0.137. The number of nitrogens with zero attached hydrogens (tertiary/aromatic N) is 2. The van der Waals surface area contributed by atoms with E-state index in [0.717, 1.165) is 29.9 Å². The Bertz CT molecular complexity index is 1250. The van der Waals surface area contributed by atoms with E-state index in [4.69, 9.17) is 0 Å². The van der Waals surface area contributed by atoms with Gasteiger partial charge in [0.15, 0.2) is 0 Å². The predicted molar refractivity (Wildman–Crippen MR) is 119 cm³/mol. The Labute approximate surface area is 188 Å². The van der Waals surface area contributed by atoms with Gasteiger partial charge in [-0.25, -0.2) is 4.79 Å². The second-order valence-corrected chi connectivity index (χ2v) is 8.67. The zero-order valence-corrected chi connectivity index (χ0v) is 17.7. The number of hydrogen-bond donors (Lipinski definition) is 1. The van der Waals surface area contributed by atoms with E-state index in [-0.39, 0.29) is 34.6 Å². The number of halogens is 3. The third kappa shape index (κ3) is 4.13. The number of likely N-dealkylation sites (tertiary alicyclic amines) is 1. The molecule has 170 valence electrons. The summed E-state index contributed by atoms with van der Waals surface area (Å²) in [6.07, 6.45) is -3.60. The zero-order chi connectivity index (χ0) is 23.2. The fraction of sp³-hybridized carbons (Fsp3) is 0.280. The average Bonchev–Trinajstić information content (AvgIpc) is 2.80. The van der Waals surface area contributed by atoms with E-state index in [2.05, 4.69) is 5.32 Å². The summed E-state index contributed by atoms with van der Waals surface area (Å²) < 4.78 is 41.1. The summed E-state index contributed by atoms with van der Waals surface area (Å²) in [7, 11) is 0. The van der Waals surface area contributed by atoms with Gasteiger partial charge in [-0.3, -0.25) is 4.79 Å². The summed E-state index contributed by atoms with van der Waals surface area (Å²) in [6.45, 7) is 1.44. The Balaban J connectivity index is 1.41. The van der Waals surface area contributed by atoms with Crippen molar-refractivity contribution in [2.45, 2.75) is 25.1 Å². The van der Waals surface area contributed by atoms with Gasteiger partial charge < -0.3 is 14.8 Å². The van der Waals surface area contributed by atoms with Crippen molar-refractivity contribution in [2.75, 3.05) is 18.4 Å². The van der Waals surface area contributed by atoms with Crippen LogP contribution in [0.3, 0.4) is 0 Å². The average molecular weight is 453 g/mol. The first-order valence-electron chi connectivity index (χ1n) is 10.8. The van der Waals surface area contributed by atoms with Crippen LogP contribution in [0.25, 0.3) is 11.1 Å². The van der Waals surface area contributed by atoms with Gasteiger partial charge in [0.05, 0.1) is 5.56 Å². The molecule has 3 aromatic rings. The minimum atomic E-state index is -4.47. The zero-order valence-electron chi connectivity index (χ0n) is 17.7. The van der Waals surface area contributed by atoms with Gasteiger partial charge in [0.2, 0.25) is 0 Å². The molecule has 2 aliphatic rings. The molecule has 0 aliphatic carbocycles. The molecular weight excluding hydrogens is 431 g/mol. The maximum absolute atomic E-state index is 13.3. The van der Waals surface area contributed by atoms with Crippen molar-refractivity contribution >= 4 is 11.7 Å². The number of alkyl halides is 3. The van der Waals surface area contributed by atoms with Crippen LogP contribution in [0.5, 0.6) is 0 Å².